The standard InChI is InChI=1S/C15H19NO6/c1-19-11-7-13(21-3)12(20-2)6-10(11)15(18)22-8-14(17)16-9-4-5-9/h6-7,9H,4-5,8H2,1-3H3,(H,16,17). The van der Waals surface area contributed by atoms with E-state index in [1.54, 1.807) is 0 Å². The predicted molar refractivity (Wildman–Crippen MR) is 77.5 cm³/mol. The highest BCUT2D eigenvalue weighted by Crippen LogP contribution is 2.34. The van der Waals surface area contributed by atoms with Gasteiger partial charge in [-0.05, 0) is 12.8 Å². The fraction of sp³-hybridized carbons (Fsp3) is 0.467. The van der Waals surface area contributed by atoms with Gasteiger partial charge >= 0.3 is 5.97 Å². The molecule has 1 N–H and O–H groups in total. The summed E-state index contributed by atoms with van der Waals surface area (Å²) in [6, 6.07) is 3.21. The molecule has 7 heteroatoms. The van der Waals surface area contributed by atoms with Gasteiger partial charge in [0.2, 0.25) is 0 Å². The molecule has 1 fully saturated rings. The van der Waals surface area contributed by atoms with Crippen LogP contribution < -0.4 is 19.5 Å². The average molecular weight is 309 g/mol. The van der Waals surface area contributed by atoms with E-state index in [1.165, 1.54) is 33.5 Å². The van der Waals surface area contributed by atoms with E-state index in [0.29, 0.717) is 11.5 Å². The van der Waals surface area contributed by atoms with Crippen LogP contribution >= 0.6 is 0 Å². The molecule has 2 rings (SSSR count). The highest BCUT2D eigenvalue weighted by Gasteiger charge is 2.24. The van der Waals surface area contributed by atoms with Crippen molar-refractivity contribution in [3.63, 3.8) is 0 Å². The molecule has 1 saturated carbocycles. The molecular weight excluding hydrogens is 290 g/mol. The molecule has 0 aliphatic heterocycles. The molecule has 7 nitrogen and oxygen atoms in total. The fourth-order valence-electron chi connectivity index (χ4n) is 1.89. The Labute approximate surface area is 128 Å². The minimum atomic E-state index is -0.663. The lowest BCUT2D eigenvalue weighted by Crippen LogP contribution is -2.30. The Hall–Kier alpha value is -2.44. The van der Waals surface area contributed by atoms with Crippen LogP contribution in [-0.2, 0) is 9.53 Å². The zero-order valence-corrected chi connectivity index (χ0v) is 12.8. The molecule has 0 bridgehead atoms. The highest BCUT2D eigenvalue weighted by molar-refractivity contribution is 5.95. The maximum Gasteiger partial charge on any atom is 0.342 e. The van der Waals surface area contributed by atoms with Gasteiger partial charge in [0, 0.05) is 18.2 Å². The van der Waals surface area contributed by atoms with Crippen molar-refractivity contribution >= 4 is 11.9 Å². The van der Waals surface area contributed by atoms with Crippen molar-refractivity contribution in [2.75, 3.05) is 27.9 Å². The van der Waals surface area contributed by atoms with Crippen LogP contribution in [0, 0.1) is 0 Å². The van der Waals surface area contributed by atoms with Gasteiger partial charge in [-0.25, -0.2) is 4.79 Å². The maximum atomic E-state index is 12.1. The zero-order chi connectivity index (χ0) is 16.1. The SMILES string of the molecule is COc1cc(OC)c(C(=O)OCC(=O)NC2CC2)cc1OC. The molecule has 0 spiro atoms. The Balaban J connectivity index is 2.08. The molecule has 0 aromatic heterocycles. The molecule has 0 radical (unpaired) electrons. The summed E-state index contributed by atoms with van der Waals surface area (Å²) in [6.07, 6.45) is 1.95. The number of amides is 1. The lowest BCUT2D eigenvalue weighted by atomic mass is 10.1. The second kappa shape index (κ2) is 7.02. The molecule has 0 unspecified atom stereocenters. The van der Waals surface area contributed by atoms with Gasteiger partial charge in [-0.2, -0.15) is 0 Å². The molecule has 120 valence electrons. The van der Waals surface area contributed by atoms with Crippen molar-refractivity contribution in [3.8, 4) is 17.2 Å². The van der Waals surface area contributed by atoms with Crippen LogP contribution in [0.2, 0.25) is 0 Å². The number of benzene rings is 1. The number of ether oxygens (including phenoxy) is 4. The third kappa shape index (κ3) is 3.81. The van der Waals surface area contributed by atoms with Crippen molar-refractivity contribution in [1.82, 2.24) is 5.32 Å². The molecule has 1 aromatic carbocycles. The Morgan fingerprint density at radius 3 is 2.18 bits per heavy atom. The quantitative estimate of drug-likeness (QED) is 0.761. The predicted octanol–water partition coefficient (Wildman–Crippen LogP) is 1.15. The van der Waals surface area contributed by atoms with Crippen molar-refractivity contribution < 1.29 is 28.5 Å². The van der Waals surface area contributed by atoms with Gasteiger partial charge in [0.05, 0.1) is 21.3 Å². The molecule has 1 aromatic rings. The Morgan fingerprint density at radius 2 is 1.64 bits per heavy atom. The second-order valence-corrected chi connectivity index (χ2v) is 4.83. The van der Waals surface area contributed by atoms with Gasteiger partial charge in [0.15, 0.2) is 18.1 Å². The minimum Gasteiger partial charge on any atom is -0.496 e. The van der Waals surface area contributed by atoms with E-state index < -0.39 is 5.97 Å². The lowest BCUT2D eigenvalue weighted by Gasteiger charge is -2.13. The van der Waals surface area contributed by atoms with Crippen LogP contribution in [0.3, 0.4) is 0 Å². The molecule has 0 atom stereocenters. The highest BCUT2D eigenvalue weighted by atomic mass is 16.5. The van der Waals surface area contributed by atoms with Crippen LogP contribution in [0.4, 0.5) is 0 Å². The van der Waals surface area contributed by atoms with Gasteiger partial charge in [-0.15, -0.1) is 0 Å². The van der Waals surface area contributed by atoms with Gasteiger partial charge in [-0.1, -0.05) is 0 Å². The zero-order valence-electron chi connectivity index (χ0n) is 12.8. The summed E-state index contributed by atoms with van der Waals surface area (Å²) >= 11 is 0. The number of methoxy groups -OCH3 is 3. The maximum absolute atomic E-state index is 12.1. The lowest BCUT2D eigenvalue weighted by molar-refractivity contribution is -0.124. The first-order valence-electron chi connectivity index (χ1n) is 6.85. The van der Waals surface area contributed by atoms with E-state index in [9.17, 15) is 9.59 Å². The number of rotatable bonds is 7. The van der Waals surface area contributed by atoms with Crippen LogP contribution in [-0.4, -0.2) is 45.9 Å². The van der Waals surface area contributed by atoms with Crippen molar-refractivity contribution in [1.29, 1.82) is 0 Å². The summed E-state index contributed by atoms with van der Waals surface area (Å²) in [5.41, 5.74) is 0.166. The number of nitrogens with one attached hydrogen (secondary N) is 1. The summed E-state index contributed by atoms with van der Waals surface area (Å²) < 4.78 is 20.4. The van der Waals surface area contributed by atoms with Crippen LogP contribution in [0.1, 0.15) is 23.2 Å². The summed E-state index contributed by atoms with van der Waals surface area (Å²) in [4.78, 5) is 23.7. The molecule has 1 amide bonds. The van der Waals surface area contributed by atoms with E-state index in [4.69, 9.17) is 18.9 Å². The van der Waals surface area contributed by atoms with Crippen molar-refractivity contribution in [3.05, 3.63) is 17.7 Å². The molecule has 1 aliphatic rings. The van der Waals surface area contributed by atoms with Crippen LogP contribution in [0.5, 0.6) is 17.2 Å². The summed E-state index contributed by atoms with van der Waals surface area (Å²) in [5, 5.41) is 2.74. The topological polar surface area (TPSA) is 83.1 Å². The number of hydrogen-bond acceptors (Lipinski definition) is 6. The Morgan fingerprint density at radius 1 is 1.05 bits per heavy atom. The first-order valence-corrected chi connectivity index (χ1v) is 6.85. The van der Waals surface area contributed by atoms with Gasteiger partial charge < -0.3 is 24.3 Å². The first-order chi connectivity index (χ1) is 10.6. The molecular formula is C15H19NO6. The van der Waals surface area contributed by atoms with E-state index in [1.807, 2.05) is 0 Å². The van der Waals surface area contributed by atoms with Crippen molar-refractivity contribution in [2.45, 2.75) is 18.9 Å². The Kier molecular flexibility index (Phi) is 5.08. The fourth-order valence-corrected chi connectivity index (χ4v) is 1.89. The molecule has 22 heavy (non-hydrogen) atoms. The number of carbonyl (C=O) groups is 2. The number of hydrogen-bond donors (Lipinski definition) is 1. The molecule has 0 saturated heterocycles. The third-order valence-electron chi connectivity index (χ3n) is 3.20. The number of carbonyl (C=O) groups excluding carboxylic acids is 2. The summed E-state index contributed by atoms with van der Waals surface area (Å²) in [5.74, 6) is 0.115. The van der Waals surface area contributed by atoms with Gasteiger partial charge in [0.1, 0.15) is 11.3 Å². The normalized spacial score (nSPS) is 13.2. The second-order valence-electron chi connectivity index (χ2n) is 4.83. The minimum absolute atomic E-state index is 0.166. The Bertz CT molecular complexity index is 567. The van der Waals surface area contributed by atoms with E-state index in [2.05, 4.69) is 5.32 Å². The number of esters is 1. The van der Waals surface area contributed by atoms with Crippen LogP contribution in [0.15, 0.2) is 12.1 Å². The third-order valence-corrected chi connectivity index (χ3v) is 3.20. The molecule has 1 aliphatic carbocycles. The molecule has 0 heterocycles. The average Bonchev–Trinajstić information content (AvgIpc) is 3.34. The van der Waals surface area contributed by atoms with E-state index >= 15 is 0 Å². The van der Waals surface area contributed by atoms with E-state index in [0.717, 1.165) is 12.8 Å². The smallest absolute Gasteiger partial charge is 0.342 e. The van der Waals surface area contributed by atoms with Gasteiger partial charge in [-0.3, -0.25) is 4.79 Å². The van der Waals surface area contributed by atoms with Crippen molar-refractivity contribution in [2.24, 2.45) is 0 Å². The van der Waals surface area contributed by atoms with Gasteiger partial charge in [0.25, 0.3) is 5.91 Å². The van der Waals surface area contributed by atoms with Crippen LogP contribution in [0.25, 0.3) is 0 Å². The summed E-state index contributed by atoms with van der Waals surface area (Å²) in [7, 11) is 4.37. The summed E-state index contributed by atoms with van der Waals surface area (Å²) in [6.45, 7) is -0.327. The monoisotopic (exact) mass is 309 g/mol. The van der Waals surface area contributed by atoms with E-state index in [-0.39, 0.29) is 29.9 Å². The first kappa shape index (κ1) is 15.9. The largest absolute Gasteiger partial charge is 0.496 e.